The molecule has 0 unspecified atom stereocenters. The van der Waals surface area contributed by atoms with Gasteiger partial charge < -0.3 is 0 Å². The van der Waals surface area contributed by atoms with Crippen LogP contribution in [-0.2, 0) is 0 Å². The third-order valence-electron chi connectivity index (χ3n) is 4.73. The number of hydrogen-bond donors (Lipinski definition) is 0. The summed E-state index contributed by atoms with van der Waals surface area (Å²) in [6.07, 6.45) is 23.6. The Labute approximate surface area is 137 Å². The van der Waals surface area contributed by atoms with E-state index in [1.807, 2.05) is 0 Å². The van der Waals surface area contributed by atoms with Gasteiger partial charge >= 0.3 is 0 Å². The molecule has 0 aliphatic heterocycles. The zero-order valence-corrected chi connectivity index (χ0v) is 16.7. The zero-order valence-electron chi connectivity index (χ0n) is 15.8. The predicted octanol–water partition coefficient (Wildman–Crippen LogP) is 7.76. The van der Waals surface area contributed by atoms with Gasteiger partial charge in [0.2, 0.25) is 0 Å². The smallest absolute Gasteiger partial charge is 0.0589 e. The summed E-state index contributed by atoms with van der Waals surface area (Å²) in [5.41, 5.74) is 0. The van der Waals surface area contributed by atoms with E-state index in [-0.39, 0.29) is 0 Å². The summed E-state index contributed by atoms with van der Waals surface area (Å²) >= 11 is 0. The molecule has 0 heterocycles. The van der Waals surface area contributed by atoms with E-state index in [2.05, 4.69) is 27.2 Å². The van der Waals surface area contributed by atoms with Gasteiger partial charge in [-0.15, -0.1) is 0 Å². The fraction of sp³-hybridized carbons (Fsp3) is 1.00. The fourth-order valence-corrected chi connectivity index (χ4v) is 5.49. The first-order chi connectivity index (χ1) is 10.1. The van der Waals surface area contributed by atoms with Crippen molar-refractivity contribution in [3.8, 4) is 0 Å². The summed E-state index contributed by atoms with van der Waals surface area (Å²) < 4.78 is 0. The van der Waals surface area contributed by atoms with Gasteiger partial charge in [0.15, 0.2) is 0 Å². The fourth-order valence-electron chi connectivity index (χ4n) is 3.11. The number of hydrogen-bond acceptors (Lipinski definition) is 0. The minimum atomic E-state index is -0.564. The van der Waals surface area contributed by atoms with Crippen molar-refractivity contribution >= 4 is 7.26 Å². The zero-order chi connectivity index (χ0) is 15.8. The van der Waals surface area contributed by atoms with Crippen molar-refractivity contribution in [1.82, 2.24) is 0 Å². The first-order valence-electron chi connectivity index (χ1n) is 9.94. The van der Waals surface area contributed by atoms with Gasteiger partial charge in [-0.25, -0.2) is 0 Å². The van der Waals surface area contributed by atoms with E-state index in [1.54, 1.807) is 12.3 Å². The standard InChI is InChI=1S/C20H44P/c1-5-7-9-11-13-14-16-18-20-21(3,4)19-17-15-12-10-8-6-2/h5-20H2,1-4H3/q+1. The van der Waals surface area contributed by atoms with E-state index in [0.29, 0.717) is 0 Å². The molecule has 0 aromatic heterocycles. The van der Waals surface area contributed by atoms with Gasteiger partial charge in [-0.2, -0.15) is 0 Å². The Hall–Kier alpha value is 0.430. The minimum Gasteiger partial charge on any atom is -0.0654 e. The molecule has 0 aliphatic rings. The Kier molecular flexibility index (Phi) is 15.6. The number of unbranched alkanes of at least 4 members (excludes halogenated alkanes) is 12. The first-order valence-corrected chi connectivity index (χ1v) is 13.0. The molecule has 0 spiro atoms. The highest BCUT2D eigenvalue weighted by Gasteiger charge is 2.23. The van der Waals surface area contributed by atoms with Crippen LogP contribution in [0.2, 0.25) is 0 Å². The summed E-state index contributed by atoms with van der Waals surface area (Å²) in [4.78, 5) is 0. The Balaban J connectivity index is 3.34. The summed E-state index contributed by atoms with van der Waals surface area (Å²) in [6.45, 7) is 9.80. The maximum absolute atomic E-state index is 2.60. The third kappa shape index (κ3) is 16.6. The van der Waals surface area contributed by atoms with Crippen LogP contribution in [0.25, 0.3) is 0 Å². The topological polar surface area (TPSA) is 0 Å². The van der Waals surface area contributed by atoms with Gasteiger partial charge in [0.05, 0.1) is 12.3 Å². The lowest BCUT2D eigenvalue weighted by atomic mass is 10.1. The lowest BCUT2D eigenvalue weighted by Gasteiger charge is -2.18. The maximum atomic E-state index is 2.60. The molecule has 0 saturated heterocycles. The largest absolute Gasteiger partial charge is 0.0654 e. The first kappa shape index (κ1) is 21.4. The predicted molar refractivity (Wildman–Crippen MR) is 104 cm³/mol. The van der Waals surface area contributed by atoms with Crippen molar-refractivity contribution in [1.29, 1.82) is 0 Å². The van der Waals surface area contributed by atoms with E-state index >= 15 is 0 Å². The van der Waals surface area contributed by atoms with Crippen LogP contribution in [0.4, 0.5) is 0 Å². The molecule has 0 nitrogen and oxygen atoms in total. The summed E-state index contributed by atoms with van der Waals surface area (Å²) in [5, 5.41) is 0. The molecular formula is C20H44P+. The Morgan fingerprint density at radius 1 is 0.429 bits per heavy atom. The Morgan fingerprint density at radius 3 is 1.05 bits per heavy atom. The van der Waals surface area contributed by atoms with E-state index in [4.69, 9.17) is 0 Å². The molecule has 128 valence electrons. The molecular weight excluding hydrogens is 271 g/mol. The van der Waals surface area contributed by atoms with Crippen molar-refractivity contribution in [3.05, 3.63) is 0 Å². The van der Waals surface area contributed by atoms with E-state index in [9.17, 15) is 0 Å². The van der Waals surface area contributed by atoms with Crippen LogP contribution < -0.4 is 0 Å². The van der Waals surface area contributed by atoms with Gasteiger partial charge in [0.1, 0.15) is 0 Å². The van der Waals surface area contributed by atoms with Gasteiger partial charge in [-0.1, -0.05) is 78.1 Å². The Bertz CT molecular complexity index is 198. The molecule has 0 radical (unpaired) electrons. The van der Waals surface area contributed by atoms with Crippen LogP contribution in [0, 0.1) is 0 Å². The molecule has 0 aliphatic carbocycles. The molecule has 0 rings (SSSR count). The summed E-state index contributed by atoms with van der Waals surface area (Å²) in [5.74, 6) is 0. The van der Waals surface area contributed by atoms with Crippen LogP contribution in [0.15, 0.2) is 0 Å². The molecule has 0 aromatic carbocycles. The Morgan fingerprint density at radius 2 is 0.714 bits per heavy atom. The van der Waals surface area contributed by atoms with E-state index < -0.39 is 7.26 Å². The molecule has 0 fully saturated rings. The monoisotopic (exact) mass is 315 g/mol. The molecule has 0 amide bonds. The second-order valence-electron chi connectivity index (χ2n) is 7.63. The van der Waals surface area contributed by atoms with Crippen molar-refractivity contribution in [3.63, 3.8) is 0 Å². The maximum Gasteiger partial charge on any atom is 0.0589 e. The minimum absolute atomic E-state index is 0.564. The molecule has 21 heavy (non-hydrogen) atoms. The molecule has 0 atom stereocenters. The van der Waals surface area contributed by atoms with Crippen LogP contribution in [0.5, 0.6) is 0 Å². The van der Waals surface area contributed by atoms with Crippen molar-refractivity contribution in [2.24, 2.45) is 0 Å². The molecule has 0 saturated carbocycles. The summed E-state index contributed by atoms with van der Waals surface area (Å²) in [6, 6.07) is 0. The van der Waals surface area contributed by atoms with E-state index in [1.165, 1.54) is 89.9 Å². The van der Waals surface area contributed by atoms with Crippen LogP contribution in [0.3, 0.4) is 0 Å². The highest BCUT2D eigenvalue weighted by molar-refractivity contribution is 7.74. The number of rotatable bonds is 16. The lowest BCUT2D eigenvalue weighted by molar-refractivity contribution is 0.585. The average molecular weight is 316 g/mol. The second kappa shape index (κ2) is 15.3. The highest BCUT2D eigenvalue weighted by Crippen LogP contribution is 2.52. The van der Waals surface area contributed by atoms with Crippen LogP contribution in [0.1, 0.15) is 104 Å². The SMILES string of the molecule is CCCCCCCCCC[P+](C)(C)CCCCCCCC. The highest BCUT2D eigenvalue weighted by atomic mass is 31.2. The van der Waals surface area contributed by atoms with Crippen molar-refractivity contribution in [2.75, 3.05) is 25.7 Å². The quantitative estimate of drug-likeness (QED) is 0.201. The average Bonchev–Trinajstić information content (AvgIpc) is 2.45. The van der Waals surface area contributed by atoms with Gasteiger partial charge in [0, 0.05) is 20.6 Å². The van der Waals surface area contributed by atoms with E-state index in [0.717, 1.165) is 0 Å². The van der Waals surface area contributed by atoms with Gasteiger partial charge in [-0.05, 0) is 25.7 Å². The van der Waals surface area contributed by atoms with Gasteiger partial charge in [0.25, 0.3) is 0 Å². The van der Waals surface area contributed by atoms with Crippen LogP contribution >= 0.6 is 7.26 Å². The molecule has 0 N–H and O–H groups in total. The molecule has 0 bridgehead atoms. The molecule has 1 heteroatoms. The lowest BCUT2D eigenvalue weighted by Crippen LogP contribution is -2.01. The second-order valence-corrected chi connectivity index (χ2v) is 12.4. The van der Waals surface area contributed by atoms with Crippen molar-refractivity contribution < 1.29 is 0 Å². The third-order valence-corrected chi connectivity index (χ3v) is 7.79. The van der Waals surface area contributed by atoms with Crippen LogP contribution in [-0.4, -0.2) is 25.7 Å². The van der Waals surface area contributed by atoms with Gasteiger partial charge in [-0.3, -0.25) is 0 Å². The molecule has 0 aromatic rings. The van der Waals surface area contributed by atoms with Crippen molar-refractivity contribution in [2.45, 2.75) is 104 Å². The normalized spacial score (nSPS) is 12.0. The summed E-state index contributed by atoms with van der Waals surface area (Å²) in [7, 11) is -0.564.